The van der Waals surface area contributed by atoms with E-state index < -0.39 is 0 Å². The molecule has 0 fully saturated rings. The van der Waals surface area contributed by atoms with Gasteiger partial charge in [0, 0.05) is 25.2 Å². The third-order valence-electron chi connectivity index (χ3n) is 2.85. The topological polar surface area (TPSA) is 59.2 Å². The van der Waals surface area contributed by atoms with Crippen molar-refractivity contribution in [2.45, 2.75) is 13.8 Å². The molecule has 0 aliphatic heterocycles. The number of nitrogen functional groups attached to an aromatic ring is 1. The number of nitrogens with zero attached hydrogens (tertiary/aromatic N) is 2. The largest absolute Gasteiger partial charge is 0.397 e. The highest BCUT2D eigenvalue weighted by Gasteiger charge is 2.20. The summed E-state index contributed by atoms with van der Waals surface area (Å²) in [6.45, 7) is 4.58. The Morgan fingerprint density at radius 3 is 2.88 bits per heavy atom. The van der Waals surface area contributed by atoms with E-state index in [1.54, 1.807) is 18.1 Å². The summed E-state index contributed by atoms with van der Waals surface area (Å²) in [7, 11) is 1.77. The highest BCUT2D eigenvalue weighted by Crippen LogP contribution is 2.34. The molecule has 2 N–H and O–H groups in total. The number of pyridine rings is 1. The first-order chi connectivity index (χ1) is 8.06. The van der Waals surface area contributed by atoms with E-state index in [1.165, 1.54) is 11.3 Å². The van der Waals surface area contributed by atoms with Gasteiger partial charge in [-0.1, -0.05) is 0 Å². The lowest BCUT2D eigenvalue weighted by atomic mass is 10.1. The Labute approximate surface area is 104 Å². The monoisotopic (exact) mass is 249 g/mol. The Balaban J connectivity index is 2.61. The molecule has 2 rings (SSSR count). The van der Waals surface area contributed by atoms with Crippen LogP contribution in [0.5, 0.6) is 0 Å². The first kappa shape index (κ1) is 11.9. The summed E-state index contributed by atoms with van der Waals surface area (Å²) >= 11 is 1.36. The Kier molecular flexibility index (Phi) is 3.02. The Morgan fingerprint density at radius 2 is 2.29 bits per heavy atom. The molecular weight excluding hydrogens is 234 g/mol. The summed E-state index contributed by atoms with van der Waals surface area (Å²) < 4.78 is 0. The number of fused-ring (bicyclic) bond motifs is 1. The molecule has 17 heavy (non-hydrogen) atoms. The van der Waals surface area contributed by atoms with E-state index in [2.05, 4.69) is 4.98 Å². The van der Waals surface area contributed by atoms with Crippen LogP contribution in [0, 0.1) is 6.92 Å². The standard InChI is InChI=1S/C12H15N3OS/c1-4-15(3)12(16)10-9(13)8-7(2)5-6-14-11(8)17-10/h5-6H,4,13H2,1-3H3. The van der Waals surface area contributed by atoms with Gasteiger partial charge in [-0.25, -0.2) is 4.98 Å². The van der Waals surface area contributed by atoms with E-state index in [9.17, 15) is 4.79 Å². The maximum Gasteiger partial charge on any atom is 0.265 e. The van der Waals surface area contributed by atoms with Crippen LogP contribution in [0.3, 0.4) is 0 Å². The van der Waals surface area contributed by atoms with Gasteiger partial charge in [0.25, 0.3) is 5.91 Å². The van der Waals surface area contributed by atoms with Gasteiger partial charge in [0.15, 0.2) is 0 Å². The van der Waals surface area contributed by atoms with E-state index in [-0.39, 0.29) is 5.91 Å². The summed E-state index contributed by atoms with van der Waals surface area (Å²) in [5.74, 6) is -0.0348. The van der Waals surface area contributed by atoms with Gasteiger partial charge >= 0.3 is 0 Å². The summed E-state index contributed by atoms with van der Waals surface area (Å²) in [4.78, 5) is 19.4. The molecule has 0 aliphatic rings. The van der Waals surface area contributed by atoms with E-state index in [0.717, 1.165) is 15.8 Å². The van der Waals surface area contributed by atoms with Gasteiger partial charge in [-0.05, 0) is 25.5 Å². The molecule has 0 unspecified atom stereocenters. The average Bonchev–Trinajstić information content (AvgIpc) is 2.66. The molecule has 0 spiro atoms. The van der Waals surface area contributed by atoms with Gasteiger partial charge in [-0.2, -0.15) is 0 Å². The van der Waals surface area contributed by atoms with Crippen molar-refractivity contribution in [3.8, 4) is 0 Å². The molecular formula is C12H15N3OS. The first-order valence-electron chi connectivity index (χ1n) is 5.45. The number of anilines is 1. The molecule has 0 atom stereocenters. The molecule has 4 nitrogen and oxygen atoms in total. The molecule has 2 aromatic heterocycles. The van der Waals surface area contributed by atoms with Crippen LogP contribution in [0.2, 0.25) is 0 Å². The summed E-state index contributed by atoms with van der Waals surface area (Å²) in [5.41, 5.74) is 7.67. The number of carbonyl (C=O) groups excluding carboxylic acids is 1. The van der Waals surface area contributed by atoms with Crippen LogP contribution in [0.25, 0.3) is 10.2 Å². The third-order valence-corrected chi connectivity index (χ3v) is 3.95. The van der Waals surface area contributed by atoms with E-state index >= 15 is 0 Å². The quantitative estimate of drug-likeness (QED) is 0.888. The van der Waals surface area contributed by atoms with E-state index in [1.807, 2.05) is 19.9 Å². The number of rotatable bonds is 2. The number of aromatic nitrogens is 1. The predicted molar refractivity (Wildman–Crippen MR) is 71.4 cm³/mol. The zero-order valence-electron chi connectivity index (χ0n) is 10.2. The second-order valence-electron chi connectivity index (χ2n) is 3.97. The van der Waals surface area contributed by atoms with Gasteiger partial charge in [-0.15, -0.1) is 11.3 Å². The molecule has 0 saturated heterocycles. The number of aryl methyl sites for hydroxylation is 1. The molecule has 0 saturated carbocycles. The molecule has 2 heterocycles. The van der Waals surface area contributed by atoms with Gasteiger partial charge in [0.2, 0.25) is 0 Å². The number of amides is 1. The van der Waals surface area contributed by atoms with Crippen molar-refractivity contribution in [2.75, 3.05) is 19.3 Å². The van der Waals surface area contributed by atoms with Crippen LogP contribution in [-0.4, -0.2) is 29.4 Å². The predicted octanol–water partition coefficient (Wildman–Crippen LogP) is 2.28. The number of hydrogen-bond donors (Lipinski definition) is 1. The summed E-state index contributed by atoms with van der Waals surface area (Å²) in [5, 5.41) is 0.908. The highest BCUT2D eigenvalue weighted by molar-refractivity contribution is 7.21. The minimum Gasteiger partial charge on any atom is -0.397 e. The second kappa shape index (κ2) is 4.33. The lowest BCUT2D eigenvalue weighted by Gasteiger charge is -2.13. The van der Waals surface area contributed by atoms with Crippen molar-refractivity contribution in [3.05, 3.63) is 22.7 Å². The molecule has 1 amide bonds. The normalized spacial score (nSPS) is 10.8. The van der Waals surface area contributed by atoms with Crippen LogP contribution in [0.15, 0.2) is 12.3 Å². The number of nitrogens with two attached hydrogens (primary N) is 1. The van der Waals surface area contributed by atoms with Crippen LogP contribution in [0.4, 0.5) is 5.69 Å². The fourth-order valence-electron chi connectivity index (χ4n) is 1.68. The summed E-state index contributed by atoms with van der Waals surface area (Å²) in [6, 6.07) is 1.91. The van der Waals surface area contributed by atoms with E-state index in [4.69, 9.17) is 5.73 Å². The Hall–Kier alpha value is -1.62. The zero-order valence-corrected chi connectivity index (χ0v) is 11.0. The van der Waals surface area contributed by atoms with Crippen LogP contribution < -0.4 is 5.73 Å². The van der Waals surface area contributed by atoms with Crippen LogP contribution >= 0.6 is 11.3 Å². The minimum atomic E-state index is -0.0348. The Morgan fingerprint density at radius 1 is 1.59 bits per heavy atom. The van der Waals surface area contributed by atoms with E-state index in [0.29, 0.717) is 17.1 Å². The van der Waals surface area contributed by atoms with Crippen molar-refractivity contribution in [2.24, 2.45) is 0 Å². The highest BCUT2D eigenvalue weighted by atomic mass is 32.1. The second-order valence-corrected chi connectivity index (χ2v) is 4.97. The van der Waals surface area contributed by atoms with Crippen LogP contribution in [-0.2, 0) is 0 Å². The van der Waals surface area contributed by atoms with Crippen molar-refractivity contribution in [1.82, 2.24) is 9.88 Å². The molecule has 90 valence electrons. The summed E-state index contributed by atoms with van der Waals surface area (Å²) in [6.07, 6.45) is 1.74. The van der Waals surface area contributed by atoms with Crippen LogP contribution in [0.1, 0.15) is 22.2 Å². The van der Waals surface area contributed by atoms with Gasteiger partial charge in [-0.3, -0.25) is 4.79 Å². The lowest BCUT2D eigenvalue weighted by molar-refractivity contribution is 0.0808. The first-order valence-corrected chi connectivity index (χ1v) is 6.27. The van der Waals surface area contributed by atoms with Crippen molar-refractivity contribution < 1.29 is 4.79 Å². The van der Waals surface area contributed by atoms with Crippen molar-refractivity contribution in [3.63, 3.8) is 0 Å². The van der Waals surface area contributed by atoms with Crippen molar-refractivity contribution >= 4 is 33.1 Å². The average molecular weight is 249 g/mol. The molecule has 2 aromatic rings. The number of thiophene rings is 1. The Bertz CT molecular complexity index is 576. The minimum absolute atomic E-state index is 0.0348. The fraction of sp³-hybridized carbons (Fsp3) is 0.333. The van der Waals surface area contributed by atoms with Gasteiger partial charge < -0.3 is 10.6 Å². The number of hydrogen-bond acceptors (Lipinski definition) is 4. The van der Waals surface area contributed by atoms with Crippen molar-refractivity contribution in [1.29, 1.82) is 0 Å². The zero-order chi connectivity index (χ0) is 12.6. The molecule has 0 radical (unpaired) electrons. The fourth-order valence-corrected chi connectivity index (χ4v) is 2.81. The maximum atomic E-state index is 12.1. The molecule has 0 bridgehead atoms. The maximum absolute atomic E-state index is 12.1. The van der Waals surface area contributed by atoms with Gasteiger partial charge in [0.05, 0.1) is 5.69 Å². The lowest BCUT2D eigenvalue weighted by Crippen LogP contribution is -2.26. The smallest absolute Gasteiger partial charge is 0.265 e. The molecule has 0 aliphatic carbocycles. The van der Waals surface area contributed by atoms with Gasteiger partial charge in [0.1, 0.15) is 9.71 Å². The third kappa shape index (κ3) is 1.86. The molecule has 0 aromatic carbocycles. The molecule has 5 heteroatoms. The number of carbonyl (C=O) groups is 1. The SMILES string of the molecule is CCN(C)C(=O)c1sc2nccc(C)c2c1N.